The molecule has 0 atom stereocenters. The van der Waals surface area contributed by atoms with Gasteiger partial charge in [-0.25, -0.2) is 0 Å². The molecule has 1 heterocycles. The fraction of sp³-hybridized carbons (Fsp3) is 0.588. The van der Waals surface area contributed by atoms with Crippen LogP contribution in [0.2, 0.25) is 5.02 Å². The Labute approximate surface area is 138 Å². The summed E-state index contributed by atoms with van der Waals surface area (Å²) >= 11 is 5.86. The highest BCUT2D eigenvalue weighted by Crippen LogP contribution is 2.09. The van der Waals surface area contributed by atoms with Gasteiger partial charge in [0, 0.05) is 44.2 Å². The molecule has 1 amide bonds. The van der Waals surface area contributed by atoms with E-state index in [0.717, 1.165) is 57.3 Å². The van der Waals surface area contributed by atoms with E-state index < -0.39 is 0 Å². The van der Waals surface area contributed by atoms with Gasteiger partial charge < -0.3 is 15.1 Å². The van der Waals surface area contributed by atoms with Crippen molar-refractivity contribution in [1.29, 1.82) is 0 Å². The van der Waals surface area contributed by atoms with E-state index in [4.69, 9.17) is 11.6 Å². The third-order valence-electron chi connectivity index (χ3n) is 4.19. The van der Waals surface area contributed by atoms with Crippen LogP contribution in [-0.4, -0.2) is 61.5 Å². The van der Waals surface area contributed by atoms with Crippen molar-refractivity contribution < 1.29 is 4.79 Å². The van der Waals surface area contributed by atoms with E-state index in [1.165, 1.54) is 5.56 Å². The normalized spacial score (nSPS) is 16.0. The largest absolute Gasteiger partial charge is 0.340 e. The summed E-state index contributed by atoms with van der Waals surface area (Å²) in [6.07, 6.45) is 1.55. The summed E-state index contributed by atoms with van der Waals surface area (Å²) in [5.74, 6) is 0.273. The summed E-state index contributed by atoms with van der Waals surface area (Å²) in [6, 6.07) is 7.91. The van der Waals surface area contributed by atoms with Crippen molar-refractivity contribution in [1.82, 2.24) is 15.1 Å². The van der Waals surface area contributed by atoms with E-state index in [9.17, 15) is 4.79 Å². The lowest BCUT2D eigenvalue weighted by molar-refractivity contribution is -0.132. The summed E-state index contributed by atoms with van der Waals surface area (Å²) in [6.45, 7) is 8.64. The Morgan fingerprint density at radius 3 is 2.45 bits per heavy atom. The van der Waals surface area contributed by atoms with E-state index in [1.54, 1.807) is 0 Å². The van der Waals surface area contributed by atoms with Crippen LogP contribution < -0.4 is 5.32 Å². The maximum absolute atomic E-state index is 12.1. The van der Waals surface area contributed by atoms with Crippen LogP contribution in [0.5, 0.6) is 0 Å². The van der Waals surface area contributed by atoms with Crippen LogP contribution in [0.25, 0.3) is 0 Å². The fourth-order valence-corrected chi connectivity index (χ4v) is 2.80. The maximum atomic E-state index is 12.1. The van der Waals surface area contributed by atoms with Gasteiger partial charge in [0.2, 0.25) is 5.91 Å². The number of halogens is 1. The number of hydrogen-bond acceptors (Lipinski definition) is 3. The summed E-state index contributed by atoms with van der Waals surface area (Å²) in [7, 11) is 0. The van der Waals surface area contributed by atoms with Gasteiger partial charge in [-0.05, 0) is 37.2 Å². The zero-order chi connectivity index (χ0) is 15.8. The average Bonchev–Trinajstić information content (AvgIpc) is 2.56. The number of piperazine rings is 1. The second-order valence-corrected chi connectivity index (χ2v) is 6.13. The van der Waals surface area contributed by atoms with E-state index >= 15 is 0 Å². The standard InChI is InChI=1S/C17H26ClN3O/c1-2-20-11-13-21(14-12-20)17(22)8-10-19-9-7-15-3-5-16(18)6-4-15/h3-6,19H,2,7-14H2,1H3. The van der Waals surface area contributed by atoms with Crippen LogP contribution in [0.15, 0.2) is 24.3 Å². The average molecular weight is 324 g/mol. The first kappa shape index (κ1) is 17.3. The van der Waals surface area contributed by atoms with Crippen LogP contribution in [0.4, 0.5) is 0 Å². The lowest BCUT2D eigenvalue weighted by Crippen LogP contribution is -2.48. The Hall–Kier alpha value is -1.10. The maximum Gasteiger partial charge on any atom is 0.223 e. The first-order valence-electron chi connectivity index (χ1n) is 8.14. The van der Waals surface area contributed by atoms with E-state index in [-0.39, 0.29) is 5.91 Å². The number of likely N-dealkylation sites (N-methyl/N-ethyl adjacent to an activating group) is 1. The van der Waals surface area contributed by atoms with Gasteiger partial charge in [0.05, 0.1) is 0 Å². The van der Waals surface area contributed by atoms with E-state index in [1.807, 2.05) is 29.2 Å². The highest BCUT2D eigenvalue weighted by Gasteiger charge is 2.19. The number of carbonyl (C=O) groups excluding carboxylic acids is 1. The first-order chi connectivity index (χ1) is 10.7. The van der Waals surface area contributed by atoms with Gasteiger partial charge in [0.25, 0.3) is 0 Å². The van der Waals surface area contributed by atoms with Crippen molar-refractivity contribution >= 4 is 17.5 Å². The third kappa shape index (κ3) is 5.59. The first-order valence-corrected chi connectivity index (χ1v) is 8.52. The summed E-state index contributed by atoms with van der Waals surface area (Å²) < 4.78 is 0. The molecule has 1 saturated heterocycles. The Balaban J connectivity index is 1.56. The predicted octanol–water partition coefficient (Wildman–Crippen LogP) is 2.03. The number of benzene rings is 1. The molecule has 0 radical (unpaired) electrons. The molecule has 0 spiro atoms. The second-order valence-electron chi connectivity index (χ2n) is 5.69. The molecular weight excluding hydrogens is 298 g/mol. The SMILES string of the molecule is CCN1CCN(C(=O)CCNCCc2ccc(Cl)cc2)CC1. The van der Waals surface area contributed by atoms with Crippen LogP contribution in [0.3, 0.4) is 0 Å². The van der Waals surface area contributed by atoms with Crippen molar-refractivity contribution in [3.8, 4) is 0 Å². The fourth-order valence-electron chi connectivity index (χ4n) is 2.68. The van der Waals surface area contributed by atoms with Crippen LogP contribution in [0, 0.1) is 0 Å². The van der Waals surface area contributed by atoms with Crippen molar-refractivity contribution in [3.05, 3.63) is 34.9 Å². The minimum atomic E-state index is 0.273. The van der Waals surface area contributed by atoms with Gasteiger partial charge in [-0.15, -0.1) is 0 Å². The molecule has 1 aliphatic heterocycles. The Bertz CT molecular complexity index is 455. The molecule has 0 saturated carbocycles. The van der Waals surface area contributed by atoms with Gasteiger partial charge >= 0.3 is 0 Å². The Kier molecular flexibility index (Phi) is 7.16. The van der Waals surface area contributed by atoms with Crippen molar-refractivity contribution in [2.75, 3.05) is 45.8 Å². The third-order valence-corrected chi connectivity index (χ3v) is 4.44. The molecule has 0 bridgehead atoms. The Morgan fingerprint density at radius 1 is 1.14 bits per heavy atom. The number of nitrogens with one attached hydrogen (secondary N) is 1. The van der Waals surface area contributed by atoms with Gasteiger partial charge in [0.15, 0.2) is 0 Å². The van der Waals surface area contributed by atoms with Crippen LogP contribution in [0.1, 0.15) is 18.9 Å². The van der Waals surface area contributed by atoms with Gasteiger partial charge in [-0.2, -0.15) is 0 Å². The number of hydrogen-bond donors (Lipinski definition) is 1. The highest BCUT2D eigenvalue weighted by molar-refractivity contribution is 6.30. The lowest BCUT2D eigenvalue weighted by atomic mass is 10.1. The van der Waals surface area contributed by atoms with Crippen molar-refractivity contribution in [3.63, 3.8) is 0 Å². The molecule has 0 unspecified atom stereocenters. The molecule has 122 valence electrons. The molecule has 2 rings (SSSR count). The zero-order valence-corrected chi connectivity index (χ0v) is 14.1. The molecule has 1 aromatic carbocycles. The number of amides is 1. The van der Waals surface area contributed by atoms with Gasteiger partial charge in [0.1, 0.15) is 0 Å². The molecule has 1 aromatic rings. The van der Waals surface area contributed by atoms with Crippen LogP contribution in [-0.2, 0) is 11.2 Å². The minimum absolute atomic E-state index is 0.273. The monoisotopic (exact) mass is 323 g/mol. The highest BCUT2D eigenvalue weighted by atomic mass is 35.5. The molecule has 1 N–H and O–H groups in total. The summed E-state index contributed by atoms with van der Waals surface area (Å²) in [5.41, 5.74) is 1.26. The molecular formula is C17H26ClN3O. The molecule has 0 aliphatic carbocycles. The number of rotatable bonds is 7. The minimum Gasteiger partial charge on any atom is -0.340 e. The molecule has 0 aromatic heterocycles. The molecule has 4 nitrogen and oxygen atoms in total. The topological polar surface area (TPSA) is 35.6 Å². The predicted molar refractivity (Wildman–Crippen MR) is 91.3 cm³/mol. The molecule has 5 heteroatoms. The summed E-state index contributed by atoms with van der Waals surface area (Å²) in [5, 5.41) is 4.12. The lowest BCUT2D eigenvalue weighted by Gasteiger charge is -2.34. The second kappa shape index (κ2) is 9.13. The number of nitrogens with zero attached hydrogens (tertiary/aromatic N) is 2. The Morgan fingerprint density at radius 2 is 1.82 bits per heavy atom. The summed E-state index contributed by atoms with van der Waals surface area (Å²) in [4.78, 5) is 16.5. The molecule has 22 heavy (non-hydrogen) atoms. The van der Waals surface area contributed by atoms with Gasteiger partial charge in [-0.1, -0.05) is 30.7 Å². The number of carbonyl (C=O) groups is 1. The smallest absolute Gasteiger partial charge is 0.223 e. The quantitative estimate of drug-likeness (QED) is 0.780. The van der Waals surface area contributed by atoms with Gasteiger partial charge in [-0.3, -0.25) is 4.79 Å². The van der Waals surface area contributed by atoms with Crippen molar-refractivity contribution in [2.24, 2.45) is 0 Å². The zero-order valence-electron chi connectivity index (χ0n) is 13.4. The van der Waals surface area contributed by atoms with Crippen LogP contribution >= 0.6 is 11.6 Å². The van der Waals surface area contributed by atoms with E-state index in [0.29, 0.717) is 6.42 Å². The molecule has 1 fully saturated rings. The molecule has 1 aliphatic rings. The van der Waals surface area contributed by atoms with E-state index in [2.05, 4.69) is 17.1 Å². The van der Waals surface area contributed by atoms with Crippen molar-refractivity contribution in [2.45, 2.75) is 19.8 Å².